The SMILES string of the molecule is Cc1cccc([C@H]2CCN2)c1Cl. The van der Waals surface area contributed by atoms with E-state index in [1.807, 2.05) is 13.0 Å². The molecular formula is C10H12ClN. The monoisotopic (exact) mass is 181 g/mol. The van der Waals surface area contributed by atoms with E-state index in [9.17, 15) is 0 Å². The summed E-state index contributed by atoms with van der Waals surface area (Å²) >= 11 is 6.16. The first-order chi connectivity index (χ1) is 5.79. The van der Waals surface area contributed by atoms with Gasteiger partial charge in [-0.1, -0.05) is 29.8 Å². The van der Waals surface area contributed by atoms with E-state index in [2.05, 4.69) is 17.4 Å². The minimum Gasteiger partial charge on any atom is -0.310 e. The molecule has 1 fully saturated rings. The van der Waals surface area contributed by atoms with Crippen LogP contribution in [0.3, 0.4) is 0 Å². The number of rotatable bonds is 1. The molecular weight excluding hydrogens is 170 g/mol. The van der Waals surface area contributed by atoms with Crippen LogP contribution >= 0.6 is 11.6 Å². The van der Waals surface area contributed by atoms with Gasteiger partial charge in [0.15, 0.2) is 0 Å². The van der Waals surface area contributed by atoms with Crippen molar-refractivity contribution in [1.82, 2.24) is 5.32 Å². The summed E-state index contributed by atoms with van der Waals surface area (Å²) in [5, 5.41) is 4.27. The second-order valence-corrected chi connectivity index (χ2v) is 3.65. The van der Waals surface area contributed by atoms with Crippen LogP contribution in [0.15, 0.2) is 18.2 Å². The maximum Gasteiger partial charge on any atom is 0.0482 e. The first kappa shape index (κ1) is 8.09. The Hall–Kier alpha value is -0.530. The zero-order valence-corrected chi connectivity index (χ0v) is 7.86. The highest BCUT2D eigenvalue weighted by molar-refractivity contribution is 6.32. The highest BCUT2D eigenvalue weighted by atomic mass is 35.5. The predicted molar refractivity (Wildman–Crippen MR) is 51.5 cm³/mol. The average molecular weight is 182 g/mol. The molecule has 0 spiro atoms. The van der Waals surface area contributed by atoms with Crippen molar-refractivity contribution in [2.45, 2.75) is 19.4 Å². The Balaban J connectivity index is 2.36. The van der Waals surface area contributed by atoms with Crippen LogP contribution in [0, 0.1) is 6.92 Å². The van der Waals surface area contributed by atoms with Gasteiger partial charge in [0.05, 0.1) is 0 Å². The molecule has 1 nitrogen and oxygen atoms in total. The van der Waals surface area contributed by atoms with Crippen LogP contribution in [0.2, 0.25) is 5.02 Å². The molecule has 0 unspecified atom stereocenters. The van der Waals surface area contributed by atoms with Gasteiger partial charge >= 0.3 is 0 Å². The number of benzene rings is 1. The largest absolute Gasteiger partial charge is 0.310 e. The van der Waals surface area contributed by atoms with Gasteiger partial charge in [-0.3, -0.25) is 0 Å². The third-order valence-electron chi connectivity index (χ3n) is 2.42. The van der Waals surface area contributed by atoms with Gasteiger partial charge in [-0.2, -0.15) is 0 Å². The molecule has 1 aromatic rings. The Kier molecular flexibility index (Phi) is 2.07. The molecule has 0 amide bonds. The van der Waals surface area contributed by atoms with Crippen molar-refractivity contribution < 1.29 is 0 Å². The first-order valence-electron chi connectivity index (χ1n) is 4.27. The van der Waals surface area contributed by atoms with Gasteiger partial charge in [0.1, 0.15) is 0 Å². The van der Waals surface area contributed by atoms with Crippen molar-refractivity contribution in [2.24, 2.45) is 0 Å². The summed E-state index contributed by atoms with van der Waals surface area (Å²) in [5.74, 6) is 0. The van der Waals surface area contributed by atoms with Gasteiger partial charge in [-0.15, -0.1) is 0 Å². The summed E-state index contributed by atoms with van der Waals surface area (Å²) in [6.45, 7) is 3.17. The summed E-state index contributed by atoms with van der Waals surface area (Å²) in [6.07, 6.45) is 1.21. The summed E-state index contributed by atoms with van der Waals surface area (Å²) in [4.78, 5) is 0. The van der Waals surface area contributed by atoms with Gasteiger partial charge in [0, 0.05) is 11.1 Å². The van der Waals surface area contributed by atoms with Crippen LogP contribution < -0.4 is 5.32 Å². The summed E-state index contributed by atoms with van der Waals surface area (Å²) in [5.41, 5.74) is 2.42. The van der Waals surface area contributed by atoms with E-state index in [1.165, 1.54) is 17.5 Å². The molecule has 2 heteroatoms. The highest BCUT2D eigenvalue weighted by Gasteiger charge is 2.20. The summed E-state index contributed by atoms with van der Waals surface area (Å²) in [6, 6.07) is 6.71. The molecule has 0 aromatic heterocycles. The van der Waals surface area contributed by atoms with E-state index >= 15 is 0 Å². The minimum atomic E-state index is 0.498. The van der Waals surface area contributed by atoms with Gasteiger partial charge in [-0.05, 0) is 31.0 Å². The lowest BCUT2D eigenvalue weighted by atomic mass is 9.96. The Morgan fingerprint density at radius 3 is 2.83 bits per heavy atom. The fraction of sp³-hybridized carbons (Fsp3) is 0.400. The van der Waals surface area contributed by atoms with Crippen LogP contribution in [0.25, 0.3) is 0 Å². The lowest BCUT2D eigenvalue weighted by molar-refractivity contribution is 0.383. The fourth-order valence-electron chi connectivity index (χ4n) is 1.49. The average Bonchev–Trinajstić information content (AvgIpc) is 1.95. The van der Waals surface area contributed by atoms with Crippen LogP contribution in [0.4, 0.5) is 0 Å². The number of nitrogens with one attached hydrogen (secondary N) is 1. The van der Waals surface area contributed by atoms with E-state index in [4.69, 9.17) is 11.6 Å². The van der Waals surface area contributed by atoms with Gasteiger partial charge in [-0.25, -0.2) is 0 Å². The standard InChI is InChI=1S/C10H12ClN/c1-7-3-2-4-8(10(7)11)9-5-6-12-9/h2-4,9,12H,5-6H2,1H3/t9-/m1/s1. The smallest absolute Gasteiger partial charge is 0.0482 e. The fourth-order valence-corrected chi connectivity index (χ4v) is 1.75. The lowest BCUT2D eigenvalue weighted by Gasteiger charge is -2.29. The lowest BCUT2D eigenvalue weighted by Crippen LogP contribution is -2.35. The Labute approximate surface area is 77.7 Å². The van der Waals surface area contributed by atoms with Crippen molar-refractivity contribution in [3.63, 3.8) is 0 Å². The van der Waals surface area contributed by atoms with Crippen molar-refractivity contribution in [1.29, 1.82) is 0 Å². The van der Waals surface area contributed by atoms with Crippen molar-refractivity contribution >= 4 is 11.6 Å². The topological polar surface area (TPSA) is 12.0 Å². The number of aryl methyl sites for hydroxylation is 1. The molecule has 1 aliphatic rings. The maximum absolute atomic E-state index is 6.16. The molecule has 1 atom stereocenters. The molecule has 2 rings (SSSR count). The number of halogens is 1. The van der Waals surface area contributed by atoms with E-state index in [-0.39, 0.29) is 0 Å². The minimum absolute atomic E-state index is 0.498. The first-order valence-corrected chi connectivity index (χ1v) is 4.65. The molecule has 0 saturated carbocycles. The quantitative estimate of drug-likeness (QED) is 0.703. The summed E-state index contributed by atoms with van der Waals surface area (Å²) < 4.78 is 0. The molecule has 1 aliphatic heterocycles. The Morgan fingerprint density at radius 1 is 1.50 bits per heavy atom. The van der Waals surface area contributed by atoms with Gasteiger partial charge < -0.3 is 5.32 Å². The molecule has 1 aromatic carbocycles. The van der Waals surface area contributed by atoms with Crippen molar-refractivity contribution in [3.8, 4) is 0 Å². The second-order valence-electron chi connectivity index (χ2n) is 3.27. The summed E-state index contributed by atoms with van der Waals surface area (Å²) in [7, 11) is 0. The van der Waals surface area contributed by atoms with Crippen molar-refractivity contribution in [3.05, 3.63) is 34.3 Å². The molecule has 1 heterocycles. The van der Waals surface area contributed by atoms with Crippen LogP contribution in [-0.2, 0) is 0 Å². The van der Waals surface area contributed by atoms with Crippen molar-refractivity contribution in [2.75, 3.05) is 6.54 Å². The third-order valence-corrected chi connectivity index (χ3v) is 2.94. The number of hydrogen-bond donors (Lipinski definition) is 1. The molecule has 0 radical (unpaired) electrons. The molecule has 1 saturated heterocycles. The van der Waals surface area contributed by atoms with E-state index in [0.29, 0.717) is 6.04 Å². The highest BCUT2D eigenvalue weighted by Crippen LogP contribution is 2.30. The van der Waals surface area contributed by atoms with Crippen LogP contribution in [0.1, 0.15) is 23.6 Å². The molecule has 64 valence electrons. The van der Waals surface area contributed by atoms with Gasteiger partial charge in [0.2, 0.25) is 0 Å². The van der Waals surface area contributed by atoms with E-state index in [0.717, 1.165) is 11.6 Å². The molecule has 1 N–H and O–H groups in total. The Bertz CT molecular complexity index is 292. The predicted octanol–water partition coefficient (Wildman–Crippen LogP) is 2.68. The van der Waals surface area contributed by atoms with E-state index < -0.39 is 0 Å². The second kappa shape index (κ2) is 3.08. The van der Waals surface area contributed by atoms with E-state index in [1.54, 1.807) is 0 Å². The molecule has 12 heavy (non-hydrogen) atoms. The zero-order valence-electron chi connectivity index (χ0n) is 7.10. The van der Waals surface area contributed by atoms with Crippen LogP contribution in [0.5, 0.6) is 0 Å². The molecule has 0 bridgehead atoms. The Morgan fingerprint density at radius 2 is 2.25 bits per heavy atom. The zero-order chi connectivity index (χ0) is 8.55. The van der Waals surface area contributed by atoms with Crippen LogP contribution in [-0.4, -0.2) is 6.54 Å². The third kappa shape index (κ3) is 1.23. The normalized spacial score (nSPS) is 22.0. The number of hydrogen-bond acceptors (Lipinski definition) is 1. The molecule has 0 aliphatic carbocycles. The maximum atomic E-state index is 6.16. The van der Waals surface area contributed by atoms with Gasteiger partial charge in [0.25, 0.3) is 0 Å².